The van der Waals surface area contributed by atoms with Gasteiger partial charge in [0.25, 0.3) is 5.91 Å². The van der Waals surface area contributed by atoms with E-state index in [-0.39, 0.29) is 23.7 Å². The molecule has 38 heavy (non-hydrogen) atoms. The highest BCUT2D eigenvalue weighted by Gasteiger charge is 2.24. The summed E-state index contributed by atoms with van der Waals surface area (Å²) in [7, 11) is 1.52. The molecule has 194 valence electrons. The third kappa shape index (κ3) is 6.44. The number of nitriles is 1. The molecular weight excluding hydrogens is 597 g/mol. The van der Waals surface area contributed by atoms with Crippen LogP contribution < -0.4 is 14.4 Å². The molecule has 0 atom stereocenters. The topological polar surface area (TPSA) is 103 Å². The molecule has 1 amide bonds. The number of para-hydroxylation sites is 1. The van der Waals surface area contributed by atoms with Crippen molar-refractivity contribution in [3.8, 4) is 17.6 Å². The summed E-state index contributed by atoms with van der Waals surface area (Å²) in [6.07, 6.45) is 1.57. The van der Waals surface area contributed by atoms with Crippen LogP contribution in [0.2, 0.25) is 0 Å². The van der Waals surface area contributed by atoms with Crippen LogP contribution in [-0.4, -0.2) is 55.2 Å². The van der Waals surface area contributed by atoms with Crippen LogP contribution in [0.25, 0.3) is 6.08 Å². The SMILES string of the molecule is COc1cc(/C=C(/C#N)C(=O)N2CCN(c3ccccc3)CC2)cc(I)c1OCc1ccc(C(=O)O)cc1. The molecule has 4 rings (SSSR count). The first-order valence-corrected chi connectivity index (χ1v) is 13.0. The fourth-order valence-corrected chi connectivity index (χ4v) is 4.93. The molecule has 0 bridgehead atoms. The fraction of sp³-hybridized carbons (Fsp3) is 0.207. The van der Waals surface area contributed by atoms with Gasteiger partial charge in [-0.15, -0.1) is 0 Å². The largest absolute Gasteiger partial charge is 0.493 e. The summed E-state index contributed by atoms with van der Waals surface area (Å²) < 4.78 is 12.3. The molecule has 1 aliphatic heterocycles. The van der Waals surface area contributed by atoms with Gasteiger partial charge in [0.1, 0.15) is 18.2 Å². The van der Waals surface area contributed by atoms with Crippen molar-refractivity contribution in [1.82, 2.24) is 4.90 Å². The van der Waals surface area contributed by atoms with E-state index in [9.17, 15) is 14.9 Å². The number of rotatable bonds is 8. The summed E-state index contributed by atoms with van der Waals surface area (Å²) in [5.74, 6) is -0.290. The number of benzene rings is 3. The van der Waals surface area contributed by atoms with E-state index in [0.717, 1.165) is 14.8 Å². The van der Waals surface area contributed by atoms with Crippen LogP contribution in [-0.2, 0) is 11.4 Å². The van der Waals surface area contributed by atoms with E-state index >= 15 is 0 Å². The number of carbonyl (C=O) groups is 2. The molecule has 1 aliphatic rings. The van der Waals surface area contributed by atoms with Crippen molar-refractivity contribution in [2.24, 2.45) is 0 Å². The molecule has 1 heterocycles. The highest BCUT2D eigenvalue weighted by molar-refractivity contribution is 14.1. The molecule has 0 aromatic heterocycles. The molecule has 1 N–H and O–H groups in total. The monoisotopic (exact) mass is 623 g/mol. The summed E-state index contributed by atoms with van der Waals surface area (Å²) in [4.78, 5) is 28.1. The number of piperazine rings is 1. The zero-order chi connectivity index (χ0) is 27.1. The number of carboxylic acids is 1. The number of aromatic carboxylic acids is 1. The number of ether oxygens (including phenoxy) is 2. The van der Waals surface area contributed by atoms with Gasteiger partial charge in [0.15, 0.2) is 11.5 Å². The smallest absolute Gasteiger partial charge is 0.335 e. The highest BCUT2D eigenvalue weighted by atomic mass is 127. The number of methoxy groups -OCH3 is 1. The van der Waals surface area contributed by atoms with Crippen molar-refractivity contribution in [3.63, 3.8) is 0 Å². The summed E-state index contributed by atoms with van der Waals surface area (Å²) in [5, 5.41) is 18.8. The van der Waals surface area contributed by atoms with Crippen molar-refractivity contribution in [1.29, 1.82) is 5.26 Å². The van der Waals surface area contributed by atoms with E-state index in [1.165, 1.54) is 19.2 Å². The molecule has 3 aromatic rings. The summed E-state index contributed by atoms with van der Waals surface area (Å²) >= 11 is 2.12. The van der Waals surface area contributed by atoms with Gasteiger partial charge in [-0.05, 0) is 76.2 Å². The molecule has 8 nitrogen and oxygen atoms in total. The van der Waals surface area contributed by atoms with Gasteiger partial charge in [0, 0.05) is 31.9 Å². The Labute approximate surface area is 234 Å². The lowest BCUT2D eigenvalue weighted by Gasteiger charge is -2.36. The quantitative estimate of drug-likeness (QED) is 0.218. The second-order valence-electron chi connectivity index (χ2n) is 8.61. The summed E-state index contributed by atoms with van der Waals surface area (Å²) in [5.41, 5.74) is 2.84. The fourth-order valence-electron chi connectivity index (χ4n) is 4.15. The zero-order valence-electron chi connectivity index (χ0n) is 20.8. The van der Waals surface area contributed by atoms with Crippen molar-refractivity contribution in [2.75, 3.05) is 38.2 Å². The van der Waals surface area contributed by atoms with Gasteiger partial charge in [-0.2, -0.15) is 5.26 Å². The second-order valence-corrected chi connectivity index (χ2v) is 9.77. The highest BCUT2D eigenvalue weighted by Crippen LogP contribution is 2.35. The Kier molecular flexibility index (Phi) is 8.86. The third-order valence-corrected chi connectivity index (χ3v) is 6.99. The molecule has 0 unspecified atom stereocenters. The normalized spacial score (nSPS) is 13.6. The van der Waals surface area contributed by atoms with Crippen molar-refractivity contribution in [3.05, 3.63) is 92.6 Å². The number of carboxylic acid groups (broad SMARTS) is 1. The predicted octanol–water partition coefficient (Wildman–Crippen LogP) is 4.83. The first kappa shape index (κ1) is 27.0. The second kappa shape index (κ2) is 12.5. The average Bonchev–Trinajstić information content (AvgIpc) is 2.95. The van der Waals surface area contributed by atoms with E-state index in [4.69, 9.17) is 14.6 Å². The van der Waals surface area contributed by atoms with E-state index in [1.54, 1.807) is 29.2 Å². The van der Waals surface area contributed by atoms with Crippen LogP contribution in [0.5, 0.6) is 11.5 Å². The first-order chi connectivity index (χ1) is 18.4. The van der Waals surface area contributed by atoms with E-state index in [0.29, 0.717) is 43.2 Å². The van der Waals surface area contributed by atoms with Gasteiger partial charge in [0.05, 0.1) is 16.2 Å². The van der Waals surface area contributed by atoms with Crippen LogP contribution in [0, 0.1) is 14.9 Å². The number of carbonyl (C=O) groups excluding carboxylic acids is 1. The van der Waals surface area contributed by atoms with Crippen molar-refractivity contribution < 1.29 is 24.2 Å². The van der Waals surface area contributed by atoms with Crippen LogP contribution >= 0.6 is 22.6 Å². The molecule has 0 aliphatic carbocycles. The van der Waals surface area contributed by atoms with Crippen LogP contribution in [0.4, 0.5) is 5.69 Å². The van der Waals surface area contributed by atoms with Gasteiger partial charge < -0.3 is 24.4 Å². The first-order valence-electron chi connectivity index (χ1n) is 11.9. The molecule has 3 aromatic carbocycles. The Morgan fingerprint density at radius 1 is 1.05 bits per heavy atom. The molecule has 0 saturated carbocycles. The number of nitrogens with zero attached hydrogens (tertiary/aromatic N) is 3. The van der Waals surface area contributed by atoms with Crippen LogP contribution in [0.1, 0.15) is 21.5 Å². The Hall–Kier alpha value is -4.04. The Balaban J connectivity index is 1.45. The Morgan fingerprint density at radius 3 is 2.34 bits per heavy atom. The van der Waals surface area contributed by atoms with E-state index in [2.05, 4.69) is 45.7 Å². The van der Waals surface area contributed by atoms with Gasteiger partial charge in [-0.3, -0.25) is 4.79 Å². The van der Waals surface area contributed by atoms with Crippen LogP contribution in [0.15, 0.2) is 72.3 Å². The number of amides is 1. The Bertz CT molecular complexity index is 1380. The lowest BCUT2D eigenvalue weighted by atomic mass is 10.1. The Morgan fingerprint density at radius 2 is 1.74 bits per heavy atom. The number of hydrogen-bond donors (Lipinski definition) is 1. The molecule has 1 saturated heterocycles. The van der Waals surface area contributed by atoms with Crippen LogP contribution in [0.3, 0.4) is 0 Å². The number of anilines is 1. The van der Waals surface area contributed by atoms with Gasteiger partial charge in [-0.25, -0.2) is 4.79 Å². The molecular formula is C29H26IN3O5. The maximum absolute atomic E-state index is 13.1. The maximum atomic E-state index is 13.1. The summed E-state index contributed by atoms with van der Waals surface area (Å²) in [6.45, 7) is 2.69. The molecule has 0 radical (unpaired) electrons. The van der Waals surface area contributed by atoms with Gasteiger partial charge >= 0.3 is 5.97 Å². The third-order valence-electron chi connectivity index (χ3n) is 6.19. The minimum absolute atomic E-state index is 0.0585. The van der Waals surface area contributed by atoms with Gasteiger partial charge in [0.2, 0.25) is 0 Å². The predicted molar refractivity (Wildman–Crippen MR) is 152 cm³/mol. The zero-order valence-corrected chi connectivity index (χ0v) is 22.9. The minimum atomic E-state index is -0.984. The lowest BCUT2D eigenvalue weighted by molar-refractivity contribution is -0.126. The molecule has 1 fully saturated rings. The van der Waals surface area contributed by atoms with Crippen molar-refractivity contribution in [2.45, 2.75) is 6.61 Å². The lowest BCUT2D eigenvalue weighted by Crippen LogP contribution is -2.49. The minimum Gasteiger partial charge on any atom is -0.493 e. The molecule has 0 spiro atoms. The summed E-state index contributed by atoms with van der Waals surface area (Å²) in [6, 6.07) is 22.1. The van der Waals surface area contributed by atoms with Crippen molar-refractivity contribution >= 4 is 46.2 Å². The molecule has 9 heteroatoms. The number of halogens is 1. The standard InChI is InChI=1S/C29H26IN3O5/c1-37-26-17-21(16-25(30)27(26)38-19-20-7-9-22(10-8-20)29(35)36)15-23(18-31)28(34)33-13-11-32(12-14-33)24-5-3-2-4-6-24/h2-10,15-17H,11-14,19H2,1H3,(H,35,36)/b23-15-. The average molecular weight is 623 g/mol. The van der Waals surface area contributed by atoms with E-state index in [1.807, 2.05) is 24.3 Å². The maximum Gasteiger partial charge on any atom is 0.335 e. The number of hydrogen-bond acceptors (Lipinski definition) is 6. The van der Waals surface area contributed by atoms with Gasteiger partial charge in [-0.1, -0.05) is 30.3 Å². The van der Waals surface area contributed by atoms with E-state index < -0.39 is 5.97 Å².